The van der Waals surface area contributed by atoms with Crippen LogP contribution < -0.4 is 5.32 Å². The van der Waals surface area contributed by atoms with Crippen molar-refractivity contribution in [2.75, 3.05) is 0 Å². The Kier molecular flexibility index (Phi) is 6.97. The summed E-state index contributed by atoms with van der Waals surface area (Å²) in [5.74, 6) is -1.39. The largest absolute Gasteiger partial charge is 0.493 e. The predicted molar refractivity (Wildman–Crippen MR) is 136 cm³/mol. The minimum Gasteiger partial charge on any atom is -0.493 e. The van der Waals surface area contributed by atoms with E-state index in [1.54, 1.807) is 36.4 Å². The highest BCUT2D eigenvalue weighted by molar-refractivity contribution is 6.03. The number of carbonyl (C=O) groups excluding carboxylic acids is 2. The molecule has 174 valence electrons. The second-order valence-electron chi connectivity index (χ2n) is 8.05. The van der Waals surface area contributed by atoms with Gasteiger partial charge in [-0.3, -0.25) is 9.59 Å². The number of fused-ring (bicyclic) bond motifs is 1. The van der Waals surface area contributed by atoms with E-state index in [1.165, 1.54) is 0 Å². The van der Waals surface area contributed by atoms with E-state index in [0.717, 1.165) is 16.7 Å². The molecule has 1 aromatic heterocycles. The Labute approximate surface area is 202 Å². The molecule has 0 aliphatic heterocycles. The maximum atomic E-state index is 13.0. The van der Waals surface area contributed by atoms with Crippen LogP contribution in [0.3, 0.4) is 0 Å². The summed E-state index contributed by atoms with van der Waals surface area (Å²) in [4.78, 5) is 28.6. The van der Waals surface area contributed by atoms with Gasteiger partial charge in [0.1, 0.15) is 5.70 Å². The summed E-state index contributed by atoms with van der Waals surface area (Å²) in [5.41, 5.74) is 3.83. The van der Waals surface area contributed by atoms with E-state index in [2.05, 4.69) is 20.5 Å². The second-order valence-corrected chi connectivity index (χ2v) is 8.05. The van der Waals surface area contributed by atoms with E-state index >= 15 is 0 Å². The first-order valence-electron chi connectivity index (χ1n) is 11.0. The molecule has 4 rings (SSSR count). The molecule has 2 amide bonds. The number of allylic oxidation sites excluding steroid dienone is 2. The lowest BCUT2D eigenvalue weighted by Gasteiger charge is -2.07. The van der Waals surface area contributed by atoms with Crippen molar-refractivity contribution in [1.82, 2.24) is 10.3 Å². The van der Waals surface area contributed by atoms with Crippen molar-refractivity contribution in [2.45, 2.75) is 13.8 Å². The summed E-state index contributed by atoms with van der Waals surface area (Å²) in [6.45, 7) is 3.73. The summed E-state index contributed by atoms with van der Waals surface area (Å²) in [7, 11) is 0. The normalized spacial score (nSPS) is 12.3. The molecule has 7 nitrogen and oxygen atoms in total. The van der Waals surface area contributed by atoms with E-state index in [4.69, 9.17) is 0 Å². The van der Waals surface area contributed by atoms with E-state index < -0.39 is 11.8 Å². The lowest BCUT2D eigenvalue weighted by molar-refractivity contribution is -0.115. The molecule has 0 saturated heterocycles. The standard InChI is InChI=1S/C28H24N4O3/c1-18-13-14-23-22(16-18)25(28(35)29-23)31-32-27(34)24(30-26(33)21-11-7-4-8-12-21)17-19(2)15-20-9-5-3-6-10-20/h3-17,29,35H,1-2H3,(H,30,33)/b19-15-,24-17+,32-31?. The maximum absolute atomic E-state index is 13.0. The fourth-order valence-corrected chi connectivity index (χ4v) is 3.54. The van der Waals surface area contributed by atoms with Gasteiger partial charge in [-0.05, 0) is 55.3 Å². The Bertz CT molecular complexity index is 1470. The predicted octanol–water partition coefficient (Wildman–Crippen LogP) is 6.21. The van der Waals surface area contributed by atoms with Gasteiger partial charge in [-0.1, -0.05) is 66.2 Å². The number of nitrogens with zero attached hydrogens (tertiary/aromatic N) is 2. The topological polar surface area (TPSA) is 107 Å². The number of hydrogen-bond acceptors (Lipinski definition) is 4. The van der Waals surface area contributed by atoms with Crippen molar-refractivity contribution in [2.24, 2.45) is 10.2 Å². The van der Waals surface area contributed by atoms with Crippen molar-refractivity contribution in [3.8, 4) is 5.88 Å². The SMILES string of the molecule is CC(=C/c1ccccc1)/C=C(/NC(=O)c1ccccc1)C(=O)N=Nc1c(O)[nH]c2ccc(C)cc12. The van der Waals surface area contributed by atoms with Crippen LogP contribution in [0.2, 0.25) is 0 Å². The number of azo groups is 1. The number of nitrogens with one attached hydrogen (secondary N) is 2. The molecular weight excluding hydrogens is 440 g/mol. The average Bonchev–Trinajstić information content (AvgIpc) is 3.17. The highest BCUT2D eigenvalue weighted by Gasteiger charge is 2.16. The molecule has 1 heterocycles. The van der Waals surface area contributed by atoms with Gasteiger partial charge in [0, 0.05) is 10.9 Å². The highest BCUT2D eigenvalue weighted by atomic mass is 16.3. The van der Waals surface area contributed by atoms with Gasteiger partial charge in [-0.2, -0.15) is 0 Å². The Morgan fingerprint density at radius 1 is 0.971 bits per heavy atom. The molecule has 0 aliphatic carbocycles. The molecule has 0 atom stereocenters. The number of aromatic hydroxyl groups is 1. The molecule has 0 saturated carbocycles. The lowest BCUT2D eigenvalue weighted by Crippen LogP contribution is -2.26. The first-order valence-corrected chi connectivity index (χ1v) is 11.0. The van der Waals surface area contributed by atoms with Gasteiger partial charge < -0.3 is 15.4 Å². The number of rotatable bonds is 6. The Morgan fingerprint density at radius 3 is 2.37 bits per heavy atom. The third kappa shape index (κ3) is 5.78. The minimum absolute atomic E-state index is 0.0391. The van der Waals surface area contributed by atoms with E-state index in [0.29, 0.717) is 16.5 Å². The second kappa shape index (κ2) is 10.4. The zero-order chi connectivity index (χ0) is 24.8. The Morgan fingerprint density at radius 2 is 1.66 bits per heavy atom. The van der Waals surface area contributed by atoms with Crippen LogP contribution in [-0.2, 0) is 4.79 Å². The number of aryl methyl sites for hydroxylation is 1. The van der Waals surface area contributed by atoms with Crippen LogP contribution in [0.5, 0.6) is 5.88 Å². The number of aromatic amines is 1. The molecular formula is C28H24N4O3. The van der Waals surface area contributed by atoms with Gasteiger partial charge in [0.05, 0.1) is 5.52 Å². The van der Waals surface area contributed by atoms with Gasteiger partial charge >= 0.3 is 5.91 Å². The third-order valence-electron chi connectivity index (χ3n) is 5.23. The summed E-state index contributed by atoms with van der Waals surface area (Å²) in [5, 5.41) is 21.4. The molecule has 7 heteroatoms. The molecule has 3 N–H and O–H groups in total. The fraction of sp³-hybridized carbons (Fsp3) is 0.0714. The first kappa shape index (κ1) is 23.4. The van der Waals surface area contributed by atoms with E-state index in [-0.39, 0.29) is 17.3 Å². The van der Waals surface area contributed by atoms with Crippen molar-refractivity contribution >= 4 is 34.5 Å². The van der Waals surface area contributed by atoms with Gasteiger partial charge in [0.15, 0.2) is 5.69 Å². The Hall–Kier alpha value is -4.78. The number of hydrogen-bond donors (Lipinski definition) is 3. The molecule has 0 aliphatic rings. The molecule has 0 spiro atoms. The van der Waals surface area contributed by atoms with Crippen molar-refractivity contribution in [3.63, 3.8) is 0 Å². The Balaban J connectivity index is 1.66. The van der Waals surface area contributed by atoms with Crippen molar-refractivity contribution < 1.29 is 14.7 Å². The van der Waals surface area contributed by atoms with Crippen LogP contribution in [0.15, 0.2) is 106 Å². The molecule has 4 aromatic rings. The number of aromatic nitrogens is 1. The number of carbonyl (C=O) groups is 2. The van der Waals surface area contributed by atoms with Crippen molar-refractivity contribution in [3.05, 3.63) is 113 Å². The smallest absolute Gasteiger partial charge is 0.311 e. The molecule has 0 bridgehead atoms. The summed E-state index contributed by atoms with van der Waals surface area (Å²) < 4.78 is 0. The van der Waals surface area contributed by atoms with Crippen LogP contribution in [0.1, 0.15) is 28.4 Å². The zero-order valence-corrected chi connectivity index (χ0v) is 19.3. The van der Waals surface area contributed by atoms with Crippen LogP contribution in [0, 0.1) is 6.92 Å². The van der Waals surface area contributed by atoms with Gasteiger partial charge in [-0.15, -0.1) is 10.2 Å². The first-order chi connectivity index (χ1) is 16.9. The van der Waals surface area contributed by atoms with Crippen LogP contribution >= 0.6 is 0 Å². The molecule has 0 fully saturated rings. The molecule has 0 unspecified atom stereocenters. The van der Waals surface area contributed by atoms with Gasteiger partial charge in [-0.25, -0.2) is 0 Å². The zero-order valence-electron chi connectivity index (χ0n) is 19.3. The van der Waals surface area contributed by atoms with Crippen LogP contribution in [0.25, 0.3) is 17.0 Å². The molecule has 0 radical (unpaired) electrons. The van der Waals surface area contributed by atoms with E-state index in [9.17, 15) is 14.7 Å². The highest BCUT2D eigenvalue weighted by Crippen LogP contribution is 2.36. The van der Waals surface area contributed by atoms with Crippen LogP contribution in [-0.4, -0.2) is 21.9 Å². The van der Waals surface area contributed by atoms with Crippen LogP contribution in [0.4, 0.5) is 5.69 Å². The minimum atomic E-state index is -0.753. The third-order valence-corrected chi connectivity index (χ3v) is 5.23. The van der Waals surface area contributed by atoms with Gasteiger partial charge in [0.2, 0.25) is 5.88 Å². The quantitative estimate of drug-likeness (QED) is 0.179. The monoisotopic (exact) mass is 464 g/mol. The summed E-state index contributed by atoms with van der Waals surface area (Å²) >= 11 is 0. The lowest BCUT2D eigenvalue weighted by atomic mass is 10.1. The average molecular weight is 465 g/mol. The van der Waals surface area contributed by atoms with Gasteiger partial charge in [0.25, 0.3) is 5.91 Å². The molecule has 35 heavy (non-hydrogen) atoms. The van der Waals surface area contributed by atoms with Crippen molar-refractivity contribution in [1.29, 1.82) is 0 Å². The number of amides is 2. The number of H-pyrrole nitrogens is 1. The summed E-state index contributed by atoms with van der Waals surface area (Å²) in [6, 6.07) is 23.7. The maximum Gasteiger partial charge on any atom is 0.311 e. The number of benzene rings is 3. The van der Waals surface area contributed by atoms with E-state index in [1.807, 2.05) is 68.5 Å². The fourth-order valence-electron chi connectivity index (χ4n) is 3.54. The molecule has 3 aromatic carbocycles. The summed E-state index contributed by atoms with van der Waals surface area (Å²) in [6.07, 6.45) is 3.43.